The summed E-state index contributed by atoms with van der Waals surface area (Å²) in [6.45, 7) is 15.9. The van der Waals surface area contributed by atoms with E-state index in [0.717, 1.165) is 17.7 Å². The Balaban J connectivity index is 0.996. The Bertz CT molecular complexity index is 1800. The standard InChI is InChI=1S/C45H70N4O11/c1-9-30(42(53)59-49-41-32(47-48-49)14-13-23-46-41)34-16-12-15-33(56-34)27(6)38(51)28(7)39(52)31(10-2)40-25(4)24-26(5)44(58-40)22-19-37(50)45(60-44)21-18-36(57-45)35-17-20-43(54,11-3)29(8)55-35/h13-14,19,22-23,25-31,33-40,50-52,54H,9-12,15-18,20-21,24H2,1-8H3. The lowest BCUT2D eigenvalue weighted by molar-refractivity contribution is -0.403. The first-order valence-corrected chi connectivity index (χ1v) is 22.8. The topological polar surface area (TPSA) is 197 Å². The van der Waals surface area contributed by atoms with E-state index in [9.17, 15) is 25.2 Å². The largest absolute Gasteiger partial charge is 0.392 e. The second-order valence-corrected chi connectivity index (χ2v) is 18.8. The summed E-state index contributed by atoms with van der Waals surface area (Å²) >= 11 is 0. The van der Waals surface area contributed by atoms with Crippen molar-refractivity contribution in [2.75, 3.05) is 0 Å². The van der Waals surface area contributed by atoms with Gasteiger partial charge in [-0.05, 0) is 111 Å². The SMILES string of the molecule is CCC(C(=O)On1nnc2cccnc21)C1CCCC(C(C)C(O)C(C)C(O)C(CC)C2OC3(C=CC(O)C4(CCC(C5CCC(O)(CC)C(C)O5)O4)O3)C(C)CC2C)O1. The predicted octanol–water partition coefficient (Wildman–Crippen LogP) is 5.05. The average Bonchev–Trinajstić information content (AvgIpc) is 3.86. The van der Waals surface area contributed by atoms with Gasteiger partial charge in [0, 0.05) is 36.3 Å². The minimum Gasteiger partial charge on any atom is -0.392 e. The second kappa shape index (κ2) is 18.2. The number of carbonyl (C=O) groups is 1. The van der Waals surface area contributed by atoms with Crippen LogP contribution in [0.4, 0.5) is 0 Å². The quantitative estimate of drug-likeness (QED) is 0.154. The molecule has 18 unspecified atom stereocenters. The number of ether oxygens (including phenoxy) is 5. The third kappa shape index (κ3) is 8.56. The molecular weight excluding hydrogens is 773 g/mol. The van der Waals surface area contributed by atoms with Crippen LogP contribution < -0.4 is 4.84 Å². The lowest BCUT2D eigenvalue weighted by atomic mass is 9.72. The molecule has 18 atom stereocenters. The minimum absolute atomic E-state index is 0.0675. The highest BCUT2D eigenvalue weighted by Gasteiger charge is 2.60. The van der Waals surface area contributed by atoms with Gasteiger partial charge in [0.15, 0.2) is 5.79 Å². The predicted molar refractivity (Wildman–Crippen MR) is 220 cm³/mol. The Labute approximate surface area is 354 Å². The summed E-state index contributed by atoms with van der Waals surface area (Å²) < 4.78 is 33.5. The third-order valence-electron chi connectivity index (χ3n) is 15.1. The molecule has 2 aromatic heterocycles. The summed E-state index contributed by atoms with van der Waals surface area (Å²) in [5.41, 5.74) is 0.00810. The fourth-order valence-electron chi connectivity index (χ4n) is 11.0. The zero-order valence-electron chi connectivity index (χ0n) is 36.8. The van der Waals surface area contributed by atoms with Gasteiger partial charge < -0.3 is 48.9 Å². The van der Waals surface area contributed by atoms with E-state index in [1.165, 1.54) is 0 Å². The Morgan fingerprint density at radius 2 is 1.73 bits per heavy atom. The maximum atomic E-state index is 13.5. The summed E-state index contributed by atoms with van der Waals surface area (Å²) in [6.07, 6.45) is 7.29. The van der Waals surface area contributed by atoms with E-state index in [0.29, 0.717) is 69.0 Å². The lowest BCUT2D eigenvalue weighted by Crippen LogP contribution is -2.62. The fraction of sp³-hybridized carbons (Fsp3) is 0.822. The van der Waals surface area contributed by atoms with Crippen molar-refractivity contribution >= 4 is 17.1 Å². The highest BCUT2D eigenvalue weighted by Crippen LogP contribution is 2.51. The number of nitrogens with zero attached hydrogens (tertiary/aromatic N) is 4. The molecule has 4 fully saturated rings. The van der Waals surface area contributed by atoms with E-state index in [1.807, 2.05) is 47.6 Å². The number of pyridine rings is 1. The molecule has 15 heteroatoms. The number of fused-ring (bicyclic) bond motifs is 1. The van der Waals surface area contributed by atoms with Gasteiger partial charge in [-0.3, -0.25) is 0 Å². The van der Waals surface area contributed by atoms with Crippen LogP contribution in [0.5, 0.6) is 0 Å². The number of aliphatic hydroxyl groups excluding tert-OH is 3. The Morgan fingerprint density at radius 3 is 2.45 bits per heavy atom. The molecule has 2 spiro atoms. The number of aromatic nitrogens is 4. The maximum absolute atomic E-state index is 13.5. The number of rotatable bonds is 13. The van der Waals surface area contributed by atoms with Crippen LogP contribution >= 0.6 is 0 Å². The van der Waals surface area contributed by atoms with E-state index in [1.54, 1.807) is 24.4 Å². The molecule has 0 aliphatic carbocycles. The number of hydrogen-bond donors (Lipinski definition) is 4. The summed E-state index contributed by atoms with van der Waals surface area (Å²) in [4.78, 5) is 24.4. The van der Waals surface area contributed by atoms with Crippen molar-refractivity contribution in [1.82, 2.24) is 20.1 Å². The van der Waals surface area contributed by atoms with Crippen LogP contribution in [0.1, 0.15) is 126 Å². The van der Waals surface area contributed by atoms with Crippen molar-refractivity contribution in [3.63, 3.8) is 0 Å². The van der Waals surface area contributed by atoms with Gasteiger partial charge in [0.25, 0.3) is 0 Å². The number of carbonyl (C=O) groups excluding carboxylic acids is 1. The first kappa shape index (κ1) is 45.4. The van der Waals surface area contributed by atoms with E-state index in [-0.39, 0.29) is 48.1 Å². The lowest BCUT2D eigenvalue weighted by Gasteiger charge is -2.54. The van der Waals surface area contributed by atoms with Crippen molar-refractivity contribution in [3.8, 4) is 0 Å². The molecule has 0 saturated carbocycles. The molecule has 336 valence electrons. The van der Waals surface area contributed by atoms with Gasteiger partial charge in [-0.2, -0.15) is 0 Å². The van der Waals surface area contributed by atoms with Gasteiger partial charge in [-0.15, -0.1) is 5.10 Å². The van der Waals surface area contributed by atoms with E-state index < -0.39 is 65.5 Å². The highest BCUT2D eigenvalue weighted by molar-refractivity contribution is 5.75. The van der Waals surface area contributed by atoms with Gasteiger partial charge in [0.2, 0.25) is 11.4 Å². The van der Waals surface area contributed by atoms with Gasteiger partial charge in [0.1, 0.15) is 11.6 Å². The molecule has 0 radical (unpaired) electrons. The summed E-state index contributed by atoms with van der Waals surface area (Å²) in [7, 11) is 0. The van der Waals surface area contributed by atoms with Crippen molar-refractivity contribution in [3.05, 3.63) is 30.5 Å². The van der Waals surface area contributed by atoms with Crippen LogP contribution in [0, 0.1) is 35.5 Å². The summed E-state index contributed by atoms with van der Waals surface area (Å²) in [5.74, 6) is -4.78. The van der Waals surface area contributed by atoms with Gasteiger partial charge in [-0.1, -0.05) is 48.5 Å². The molecule has 7 rings (SSSR count). The minimum atomic E-state index is -1.32. The fourth-order valence-corrected chi connectivity index (χ4v) is 11.0. The molecule has 5 aliphatic heterocycles. The third-order valence-corrected chi connectivity index (χ3v) is 15.1. The van der Waals surface area contributed by atoms with Crippen LogP contribution in [0.2, 0.25) is 0 Å². The molecule has 0 aromatic carbocycles. The normalized spacial score (nSPS) is 40.3. The highest BCUT2D eigenvalue weighted by atomic mass is 16.8. The van der Waals surface area contributed by atoms with Gasteiger partial charge >= 0.3 is 5.97 Å². The monoisotopic (exact) mass is 843 g/mol. The van der Waals surface area contributed by atoms with Crippen molar-refractivity contribution in [2.24, 2.45) is 35.5 Å². The first-order valence-electron chi connectivity index (χ1n) is 22.8. The van der Waals surface area contributed by atoms with Gasteiger partial charge in [-0.25, -0.2) is 9.78 Å². The van der Waals surface area contributed by atoms with E-state index in [4.69, 9.17) is 28.5 Å². The van der Waals surface area contributed by atoms with E-state index in [2.05, 4.69) is 29.1 Å². The Hall–Kier alpha value is -2.60. The average molecular weight is 843 g/mol. The molecule has 0 amide bonds. The summed E-state index contributed by atoms with van der Waals surface area (Å²) in [5, 5.41) is 54.4. The van der Waals surface area contributed by atoms with E-state index >= 15 is 0 Å². The summed E-state index contributed by atoms with van der Waals surface area (Å²) in [6, 6.07) is 3.48. The Morgan fingerprint density at radius 1 is 0.983 bits per heavy atom. The van der Waals surface area contributed by atoms with Gasteiger partial charge in [0.05, 0.1) is 60.4 Å². The number of hydrogen-bond acceptors (Lipinski definition) is 14. The van der Waals surface area contributed by atoms with Crippen molar-refractivity contribution in [1.29, 1.82) is 0 Å². The van der Waals surface area contributed by atoms with Crippen LogP contribution in [-0.2, 0) is 28.5 Å². The molecule has 4 N–H and O–H groups in total. The molecule has 5 aliphatic rings. The van der Waals surface area contributed by atoms with Crippen molar-refractivity contribution < 1.29 is 53.7 Å². The van der Waals surface area contributed by atoms with Crippen LogP contribution in [-0.4, -0.2) is 119 Å². The molecule has 60 heavy (non-hydrogen) atoms. The molecule has 2 aromatic rings. The first-order chi connectivity index (χ1) is 28.6. The van der Waals surface area contributed by atoms with Crippen LogP contribution in [0.15, 0.2) is 30.5 Å². The maximum Gasteiger partial charge on any atom is 0.340 e. The molecule has 4 saturated heterocycles. The number of aliphatic hydroxyl groups is 4. The van der Waals surface area contributed by atoms with Crippen LogP contribution in [0.3, 0.4) is 0 Å². The molecule has 15 nitrogen and oxygen atoms in total. The smallest absolute Gasteiger partial charge is 0.340 e. The molecule has 7 heterocycles. The van der Waals surface area contributed by atoms with Crippen LogP contribution in [0.25, 0.3) is 11.2 Å². The molecule has 0 bridgehead atoms. The Kier molecular flexibility index (Phi) is 13.8. The zero-order chi connectivity index (χ0) is 43.1. The molecular formula is C45H70N4O11. The van der Waals surface area contributed by atoms with Crippen molar-refractivity contribution in [2.45, 2.75) is 198 Å². The second-order valence-electron chi connectivity index (χ2n) is 18.8. The zero-order valence-corrected chi connectivity index (χ0v) is 36.8.